The van der Waals surface area contributed by atoms with E-state index in [1.165, 1.54) is 0 Å². The number of benzene rings is 1. The van der Waals surface area contributed by atoms with Gasteiger partial charge in [0.1, 0.15) is 0 Å². The van der Waals surface area contributed by atoms with E-state index in [1.54, 1.807) is 18.2 Å². The van der Waals surface area contributed by atoms with Gasteiger partial charge in [-0.1, -0.05) is 23.2 Å². The first-order valence-corrected chi connectivity index (χ1v) is 8.00. The molecule has 0 spiro atoms. The van der Waals surface area contributed by atoms with E-state index in [2.05, 4.69) is 20.6 Å². The zero-order valence-electron chi connectivity index (χ0n) is 13.0. The molecule has 1 amide bonds. The summed E-state index contributed by atoms with van der Waals surface area (Å²) < 4.78 is 0. The first-order chi connectivity index (χ1) is 10.9. The fourth-order valence-electron chi connectivity index (χ4n) is 2.06. The van der Waals surface area contributed by atoms with Gasteiger partial charge in [0.15, 0.2) is 0 Å². The van der Waals surface area contributed by atoms with Crippen molar-refractivity contribution >= 4 is 40.7 Å². The van der Waals surface area contributed by atoms with Crippen molar-refractivity contribution in [2.45, 2.75) is 26.7 Å². The average molecular weight is 353 g/mol. The van der Waals surface area contributed by atoms with Crippen LogP contribution in [0.3, 0.4) is 0 Å². The molecule has 2 aromatic rings. The quantitative estimate of drug-likeness (QED) is 0.763. The van der Waals surface area contributed by atoms with Crippen molar-refractivity contribution in [1.29, 1.82) is 0 Å². The molecule has 0 aliphatic carbocycles. The summed E-state index contributed by atoms with van der Waals surface area (Å²) >= 11 is 11.8. The normalized spacial score (nSPS) is 10.4. The molecule has 0 atom stereocenters. The standard InChI is InChI=1S/C16H18Cl2N4O/c1-10-8-11(2)21-16(20-10)19-7-3-4-15(23)22-14-6-5-12(17)9-13(14)18/h5-6,8-9H,3-4,7H2,1-2H3,(H,22,23)(H,19,20,21). The summed E-state index contributed by atoms with van der Waals surface area (Å²) in [6.07, 6.45) is 1.03. The van der Waals surface area contributed by atoms with Crippen molar-refractivity contribution in [2.24, 2.45) is 0 Å². The molecule has 0 aliphatic heterocycles. The predicted molar refractivity (Wildman–Crippen MR) is 94.3 cm³/mol. The van der Waals surface area contributed by atoms with Crippen molar-refractivity contribution in [1.82, 2.24) is 9.97 Å². The number of anilines is 2. The van der Waals surface area contributed by atoms with Crippen LogP contribution in [0.1, 0.15) is 24.2 Å². The number of carbonyl (C=O) groups is 1. The average Bonchev–Trinajstić information content (AvgIpc) is 2.46. The van der Waals surface area contributed by atoms with Crippen LogP contribution in [-0.4, -0.2) is 22.4 Å². The van der Waals surface area contributed by atoms with Crippen molar-refractivity contribution in [3.8, 4) is 0 Å². The lowest BCUT2D eigenvalue weighted by Gasteiger charge is -2.08. The fourth-order valence-corrected chi connectivity index (χ4v) is 2.51. The maximum atomic E-state index is 11.9. The molecule has 2 N–H and O–H groups in total. The molecule has 1 heterocycles. The Balaban J connectivity index is 1.76. The Morgan fingerprint density at radius 3 is 2.48 bits per heavy atom. The molecular weight excluding hydrogens is 335 g/mol. The molecule has 5 nitrogen and oxygen atoms in total. The van der Waals surface area contributed by atoms with E-state index in [9.17, 15) is 4.79 Å². The molecule has 0 fully saturated rings. The molecule has 0 radical (unpaired) electrons. The van der Waals surface area contributed by atoms with E-state index >= 15 is 0 Å². The molecule has 1 aromatic heterocycles. The lowest BCUT2D eigenvalue weighted by atomic mass is 10.2. The maximum Gasteiger partial charge on any atom is 0.224 e. The topological polar surface area (TPSA) is 66.9 Å². The van der Waals surface area contributed by atoms with Crippen LogP contribution in [-0.2, 0) is 4.79 Å². The van der Waals surface area contributed by atoms with Crippen LogP contribution in [0, 0.1) is 13.8 Å². The number of rotatable bonds is 6. The van der Waals surface area contributed by atoms with Gasteiger partial charge in [-0.25, -0.2) is 9.97 Å². The summed E-state index contributed by atoms with van der Waals surface area (Å²) in [6, 6.07) is 6.87. The monoisotopic (exact) mass is 352 g/mol. The fraction of sp³-hybridized carbons (Fsp3) is 0.312. The smallest absolute Gasteiger partial charge is 0.224 e. The predicted octanol–water partition coefficient (Wildman–Crippen LogP) is 4.23. The van der Waals surface area contributed by atoms with Gasteiger partial charge in [-0.15, -0.1) is 0 Å². The Morgan fingerprint density at radius 2 is 1.83 bits per heavy atom. The Kier molecular flexibility index (Phi) is 6.19. The van der Waals surface area contributed by atoms with Crippen molar-refractivity contribution in [3.05, 3.63) is 45.7 Å². The highest BCUT2D eigenvalue weighted by Gasteiger charge is 2.06. The number of halogens is 2. The zero-order chi connectivity index (χ0) is 16.8. The van der Waals surface area contributed by atoms with Crippen LogP contribution in [0.15, 0.2) is 24.3 Å². The van der Waals surface area contributed by atoms with Gasteiger partial charge in [-0.2, -0.15) is 0 Å². The van der Waals surface area contributed by atoms with Gasteiger partial charge in [0.25, 0.3) is 0 Å². The van der Waals surface area contributed by atoms with Gasteiger partial charge in [-0.05, 0) is 44.5 Å². The van der Waals surface area contributed by atoms with E-state index in [0.717, 1.165) is 11.4 Å². The van der Waals surface area contributed by atoms with E-state index < -0.39 is 0 Å². The van der Waals surface area contributed by atoms with Gasteiger partial charge in [-0.3, -0.25) is 4.79 Å². The van der Waals surface area contributed by atoms with E-state index in [0.29, 0.717) is 41.1 Å². The van der Waals surface area contributed by atoms with Crippen molar-refractivity contribution in [2.75, 3.05) is 17.2 Å². The summed E-state index contributed by atoms with van der Waals surface area (Å²) in [4.78, 5) is 20.5. The number of hydrogen-bond acceptors (Lipinski definition) is 4. The molecule has 0 aliphatic rings. The summed E-state index contributed by atoms with van der Waals surface area (Å²) in [7, 11) is 0. The summed E-state index contributed by atoms with van der Waals surface area (Å²) in [5, 5.41) is 6.84. The van der Waals surface area contributed by atoms with Crippen molar-refractivity contribution < 1.29 is 4.79 Å². The second-order valence-corrected chi connectivity index (χ2v) is 6.02. The third-order valence-corrected chi connectivity index (χ3v) is 3.60. The van der Waals surface area contributed by atoms with Crippen LogP contribution in [0.5, 0.6) is 0 Å². The molecule has 23 heavy (non-hydrogen) atoms. The molecule has 7 heteroatoms. The van der Waals surface area contributed by atoms with Gasteiger partial charge in [0.05, 0.1) is 10.7 Å². The molecule has 122 valence electrons. The third-order valence-electron chi connectivity index (χ3n) is 3.05. The second-order valence-electron chi connectivity index (χ2n) is 5.18. The lowest BCUT2D eigenvalue weighted by Crippen LogP contribution is -2.14. The minimum atomic E-state index is -0.0997. The number of nitrogens with one attached hydrogen (secondary N) is 2. The highest BCUT2D eigenvalue weighted by Crippen LogP contribution is 2.25. The van der Waals surface area contributed by atoms with Gasteiger partial charge in [0.2, 0.25) is 11.9 Å². The number of aryl methyl sites for hydroxylation is 2. The number of amides is 1. The van der Waals surface area contributed by atoms with Crippen LogP contribution in [0.4, 0.5) is 11.6 Å². The SMILES string of the molecule is Cc1cc(C)nc(NCCCC(=O)Nc2ccc(Cl)cc2Cl)n1. The van der Waals surface area contributed by atoms with E-state index in [-0.39, 0.29) is 5.91 Å². The minimum Gasteiger partial charge on any atom is -0.354 e. The van der Waals surface area contributed by atoms with Gasteiger partial charge < -0.3 is 10.6 Å². The number of hydrogen-bond donors (Lipinski definition) is 2. The Morgan fingerprint density at radius 1 is 1.13 bits per heavy atom. The van der Waals surface area contributed by atoms with E-state index in [1.807, 2.05) is 19.9 Å². The molecule has 0 saturated carbocycles. The lowest BCUT2D eigenvalue weighted by molar-refractivity contribution is -0.116. The van der Waals surface area contributed by atoms with E-state index in [4.69, 9.17) is 23.2 Å². The molecule has 1 aromatic carbocycles. The third kappa shape index (κ3) is 5.69. The van der Waals surface area contributed by atoms with Crippen LogP contribution >= 0.6 is 23.2 Å². The van der Waals surface area contributed by atoms with Crippen LogP contribution < -0.4 is 10.6 Å². The van der Waals surface area contributed by atoms with Crippen LogP contribution in [0.2, 0.25) is 10.0 Å². The first kappa shape index (κ1) is 17.5. The molecular formula is C16H18Cl2N4O. The summed E-state index contributed by atoms with van der Waals surface area (Å²) in [5.74, 6) is 0.487. The molecule has 0 saturated heterocycles. The molecule has 0 unspecified atom stereocenters. The van der Waals surface area contributed by atoms with Gasteiger partial charge >= 0.3 is 0 Å². The number of nitrogens with zero attached hydrogens (tertiary/aromatic N) is 2. The number of carbonyl (C=O) groups excluding carboxylic acids is 1. The zero-order valence-corrected chi connectivity index (χ0v) is 14.5. The van der Waals surface area contributed by atoms with Crippen molar-refractivity contribution in [3.63, 3.8) is 0 Å². The highest BCUT2D eigenvalue weighted by molar-refractivity contribution is 6.36. The minimum absolute atomic E-state index is 0.0997. The Labute approximate surface area is 145 Å². The summed E-state index contributed by atoms with van der Waals surface area (Å²) in [5.41, 5.74) is 2.39. The van der Waals surface area contributed by atoms with Gasteiger partial charge in [0, 0.05) is 29.4 Å². The largest absolute Gasteiger partial charge is 0.354 e. The summed E-state index contributed by atoms with van der Waals surface area (Å²) in [6.45, 7) is 4.46. The Hall–Kier alpha value is -1.85. The highest BCUT2D eigenvalue weighted by atomic mass is 35.5. The molecule has 0 bridgehead atoms. The Bertz CT molecular complexity index is 686. The van der Waals surface area contributed by atoms with Crippen LogP contribution in [0.25, 0.3) is 0 Å². The maximum absolute atomic E-state index is 11.9. The number of aromatic nitrogens is 2. The molecule has 2 rings (SSSR count). The first-order valence-electron chi connectivity index (χ1n) is 7.25. The second kappa shape index (κ2) is 8.13.